The van der Waals surface area contributed by atoms with Gasteiger partial charge in [-0.15, -0.1) is 0 Å². The Morgan fingerprint density at radius 3 is 2.73 bits per heavy atom. The van der Waals surface area contributed by atoms with Gasteiger partial charge in [-0.3, -0.25) is 0 Å². The fourth-order valence-electron chi connectivity index (χ4n) is 1.45. The lowest BCUT2D eigenvalue weighted by Gasteiger charge is -2.25. The lowest BCUT2D eigenvalue weighted by Crippen LogP contribution is -2.34. The van der Waals surface area contributed by atoms with Crippen LogP contribution >= 0.6 is 0 Å². The Morgan fingerprint density at radius 1 is 1.45 bits per heavy atom. The summed E-state index contributed by atoms with van der Waals surface area (Å²) in [6.07, 6.45) is 2.97. The van der Waals surface area contributed by atoms with E-state index >= 15 is 0 Å². The molecular formula is C7H14N2O2. The molecule has 11 heavy (non-hydrogen) atoms. The second-order valence-corrected chi connectivity index (χ2v) is 2.99. The van der Waals surface area contributed by atoms with Crippen LogP contribution in [0.15, 0.2) is 0 Å². The van der Waals surface area contributed by atoms with Crippen molar-refractivity contribution in [2.45, 2.75) is 37.8 Å². The van der Waals surface area contributed by atoms with E-state index in [1.807, 2.05) is 0 Å². The number of ether oxygens (including phenoxy) is 1. The van der Waals surface area contributed by atoms with Gasteiger partial charge in [-0.1, -0.05) is 0 Å². The highest BCUT2D eigenvalue weighted by atomic mass is 16.6. The first kappa shape index (κ1) is 8.33. The van der Waals surface area contributed by atoms with Crippen LogP contribution < -0.4 is 11.5 Å². The van der Waals surface area contributed by atoms with Crippen molar-refractivity contribution in [3.05, 3.63) is 0 Å². The Morgan fingerprint density at radius 2 is 2.18 bits per heavy atom. The molecule has 1 aliphatic rings. The highest BCUT2D eigenvalue weighted by Gasteiger charge is 2.21. The fourth-order valence-corrected chi connectivity index (χ4v) is 1.45. The van der Waals surface area contributed by atoms with E-state index in [2.05, 4.69) is 0 Å². The minimum atomic E-state index is -0.691. The van der Waals surface area contributed by atoms with Crippen molar-refractivity contribution in [2.24, 2.45) is 11.5 Å². The zero-order valence-electron chi connectivity index (χ0n) is 6.45. The number of primary amides is 1. The number of nitrogens with two attached hydrogens (primary N) is 2. The van der Waals surface area contributed by atoms with Gasteiger partial charge in [0, 0.05) is 6.04 Å². The molecule has 1 fully saturated rings. The Hall–Kier alpha value is -0.770. The smallest absolute Gasteiger partial charge is 0.404 e. The molecule has 4 nitrogen and oxygen atoms in total. The molecule has 0 unspecified atom stereocenters. The molecular weight excluding hydrogens is 144 g/mol. The Labute approximate surface area is 65.9 Å². The van der Waals surface area contributed by atoms with Crippen molar-refractivity contribution in [1.29, 1.82) is 0 Å². The maximum absolute atomic E-state index is 10.3. The number of carbonyl (C=O) groups excluding carboxylic acids is 1. The van der Waals surface area contributed by atoms with Gasteiger partial charge in [0.1, 0.15) is 6.10 Å². The first-order valence-corrected chi connectivity index (χ1v) is 3.90. The maximum atomic E-state index is 10.3. The quantitative estimate of drug-likeness (QED) is 0.578. The summed E-state index contributed by atoms with van der Waals surface area (Å²) >= 11 is 0. The van der Waals surface area contributed by atoms with Crippen LogP contribution in [0.2, 0.25) is 0 Å². The second kappa shape index (κ2) is 3.57. The summed E-state index contributed by atoms with van der Waals surface area (Å²) in [6.45, 7) is 0. The predicted octanol–water partition coefficient (Wildman–Crippen LogP) is 0.352. The fraction of sp³-hybridized carbons (Fsp3) is 0.857. The highest BCUT2D eigenvalue weighted by Crippen LogP contribution is 2.19. The molecule has 0 aromatic heterocycles. The molecule has 0 saturated heterocycles. The zero-order valence-corrected chi connectivity index (χ0v) is 6.45. The lowest BCUT2D eigenvalue weighted by atomic mass is 9.94. The van der Waals surface area contributed by atoms with Crippen LogP contribution in [0.3, 0.4) is 0 Å². The zero-order chi connectivity index (χ0) is 8.27. The molecule has 0 spiro atoms. The van der Waals surface area contributed by atoms with Crippen LogP contribution in [0.1, 0.15) is 25.7 Å². The molecule has 0 aromatic carbocycles. The van der Waals surface area contributed by atoms with Gasteiger partial charge in [0.05, 0.1) is 0 Å². The minimum Gasteiger partial charge on any atom is -0.446 e. The number of hydrogen-bond donors (Lipinski definition) is 2. The molecule has 0 heterocycles. The number of rotatable bonds is 1. The molecule has 0 aromatic rings. The van der Waals surface area contributed by atoms with E-state index < -0.39 is 6.09 Å². The third-order valence-corrected chi connectivity index (χ3v) is 1.95. The summed E-state index contributed by atoms with van der Waals surface area (Å²) in [6, 6.07) is 0.174. The van der Waals surface area contributed by atoms with Gasteiger partial charge >= 0.3 is 6.09 Å². The molecule has 0 bridgehead atoms. The highest BCUT2D eigenvalue weighted by molar-refractivity contribution is 5.64. The number of amides is 1. The van der Waals surface area contributed by atoms with Crippen LogP contribution in [-0.2, 0) is 4.74 Å². The van der Waals surface area contributed by atoms with Crippen molar-refractivity contribution in [3.63, 3.8) is 0 Å². The molecule has 0 aliphatic heterocycles. The molecule has 1 aliphatic carbocycles. The van der Waals surface area contributed by atoms with E-state index in [1.165, 1.54) is 0 Å². The summed E-state index contributed by atoms with van der Waals surface area (Å²) in [5.41, 5.74) is 10.5. The first-order valence-electron chi connectivity index (χ1n) is 3.90. The third-order valence-electron chi connectivity index (χ3n) is 1.95. The van der Waals surface area contributed by atoms with Crippen LogP contribution in [0.5, 0.6) is 0 Å². The Bertz CT molecular complexity index is 149. The summed E-state index contributed by atoms with van der Waals surface area (Å²) in [4.78, 5) is 10.3. The van der Waals surface area contributed by atoms with Gasteiger partial charge in [-0.2, -0.15) is 0 Å². The molecule has 2 atom stereocenters. The van der Waals surface area contributed by atoms with E-state index in [1.54, 1.807) is 0 Å². The van der Waals surface area contributed by atoms with Gasteiger partial charge in [-0.05, 0) is 25.7 Å². The maximum Gasteiger partial charge on any atom is 0.404 e. The number of carbonyl (C=O) groups is 1. The van der Waals surface area contributed by atoms with E-state index in [4.69, 9.17) is 16.2 Å². The normalized spacial score (nSPS) is 31.4. The van der Waals surface area contributed by atoms with Crippen molar-refractivity contribution < 1.29 is 9.53 Å². The molecule has 64 valence electrons. The van der Waals surface area contributed by atoms with Gasteiger partial charge in [0.15, 0.2) is 0 Å². The van der Waals surface area contributed by atoms with Crippen LogP contribution in [0, 0.1) is 0 Å². The summed E-state index contributed by atoms with van der Waals surface area (Å²) in [5, 5.41) is 0. The molecule has 0 radical (unpaired) electrons. The van der Waals surface area contributed by atoms with Gasteiger partial charge in [0.25, 0.3) is 0 Å². The summed E-state index contributed by atoms with van der Waals surface area (Å²) < 4.78 is 4.82. The van der Waals surface area contributed by atoms with Gasteiger partial charge < -0.3 is 16.2 Å². The summed E-state index contributed by atoms with van der Waals surface area (Å²) in [7, 11) is 0. The second-order valence-electron chi connectivity index (χ2n) is 2.99. The third kappa shape index (κ3) is 2.76. The van der Waals surface area contributed by atoms with E-state index in [-0.39, 0.29) is 12.1 Å². The van der Waals surface area contributed by atoms with Gasteiger partial charge in [-0.25, -0.2) is 4.79 Å². The topological polar surface area (TPSA) is 78.3 Å². The summed E-state index contributed by atoms with van der Waals surface area (Å²) in [5.74, 6) is 0. The molecule has 1 rings (SSSR count). The van der Waals surface area contributed by atoms with Crippen molar-refractivity contribution in [3.8, 4) is 0 Å². The standard InChI is InChI=1S/C7H14N2O2/c8-5-2-1-3-6(4-5)11-7(9)10/h5-6H,1-4,8H2,(H2,9,10)/t5-,6-/m1/s1. The lowest BCUT2D eigenvalue weighted by molar-refractivity contribution is 0.0777. The van der Waals surface area contributed by atoms with E-state index in [0.29, 0.717) is 0 Å². The Balaban J connectivity index is 2.28. The van der Waals surface area contributed by atoms with Crippen molar-refractivity contribution in [1.82, 2.24) is 0 Å². The molecule has 1 saturated carbocycles. The average molecular weight is 158 g/mol. The number of hydrogen-bond acceptors (Lipinski definition) is 3. The minimum absolute atomic E-state index is 0.0451. The molecule has 1 amide bonds. The van der Waals surface area contributed by atoms with Crippen LogP contribution in [0.25, 0.3) is 0 Å². The SMILES string of the molecule is NC(=O)O[C@@H]1CCC[C@@H](N)C1. The van der Waals surface area contributed by atoms with Gasteiger partial charge in [0.2, 0.25) is 0 Å². The predicted molar refractivity (Wildman–Crippen MR) is 40.9 cm³/mol. The van der Waals surface area contributed by atoms with E-state index in [9.17, 15) is 4.79 Å². The van der Waals surface area contributed by atoms with Crippen LogP contribution in [0.4, 0.5) is 4.79 Å². The average Bonchev–Trinajstić information content (AvgIpc) is 1.85. The Kier molecular flexibility index (Phi) is 2.70. The first-order chi connectivity index (χ1) is 5.18. The van der Waals surface area contributed by atoms with E-state index in [0.717, 1.165) is 25.7 Å². The largest absolute Gasteiger partial charge is 0.446 e. The molecule has 4 N–H and O–H groups in total. The van der Waals surface area contributed by atoms with Crippen molar-refractivity contribution in [2.75, 3.05) is 0 Å². The van der Waals surface area contributed by atoms with Crippen molar-refractivity contribution >= 4 is 6.09 Å². The monoisotopic (exact) mass is 158 g/mol. The molecule has 4 heteroatoms. The van der Waals surface area contributed by atoms with Crippen LogP contribution in [-0.4, -0.2) is 18.2 Å².